The minimum atomic E-state index is -3.74. The first-order valence-electron chi connectivity index (χ1n) is 8.07. The van der Waals surface area contributed by atoms with Gasteiger partial charge in [-0.3, -0.25) is 4.79 Å². The molecule has 0 unspecified atom stereocenters. The maximum atomic E-state index is 12.4. The Morgan fingerprint density at radius 3 is 2.41 bits per heavy atom. The van der Waals surface area contributed by atoms with E-state index < -0.39 is 10.0 Å². The van der Waals surface area contributed by atoms with Gasteiger partial charge >= 0.3 is 0 Å². The van der Waals surface area contributed by atoms with Crippen LogP contribution in [0.1, 0.15) is 21.7 Å². The van der Waals surface area contributed by atoms with Gasteiger partial charge in [0, 0.05) is 12.1 Å². The van der Waals surface area contributed by atoms with Crippen molar-refractivity contribution in [1.82, 2.24) is 5.32 Å². The topological polar surface area (TPSA) is 112 Å². The number of nitrogens with one attached hydrogen (secondary N) is 1. The first-order valence-corrected chi connectivity index (χ1v) is 9.62. The van der Waals surface area contributed by atoms with E-state index in [-0.39, 0.29) is 29.7 Å². The number of rotatable bonds is 7. The Kier molecular flexibility index (Phi) is 5.58. The largest absolute Gasteiger partial charge is 0.489 e. The molecule has 8 heteroatoms. The van der Waals surface area contributed by atoms with E-state index in [1.807, 2.05) is 30.3 Å². The number of nitrogens with two attached hydrogens (primary N) is 1. The number of furan rings is 1. The molecule has 2 aromatic carbocycles. The summed E-state index contributed by atoms with van der Waals surface area (Å²) in [4.78, 5) is 12.4. The van der Waals surface area contributed by atoms with Crippen LogP contribution in [0.3, 0.4) is 0 Å². The molecule has 1 amide bonds. The smallest absolute Gasteiger partial charge is 0.287 e. The Balaban J connectivity index is 1.59. The number of primary sulfonamides is 1. The zero-order valence-electron chi connectivity index (χ0n) is 14.3. The predicted octanol–water partition coefficient (Wildman–Crippen LogP) is 2.44. The fraction of sp³-hybridized carbons (Fsp3) is 0.105. The maximum Gasteiger partial charge on any atom is 0.287 e. The number of amides is 1. The molecule has 27 heavy (non-hydrogen) atoms. The number of hydrogen-bond donors (Lipinski definition) is 2. The van der Waals surface area contributed by atoms with Crippen LogP contribution in [0.25, 0.3) is 0 Å². The highest BCUT2D eigenvalue weighted by molar-refractivity contribution is 7.89. The van der Waals surface area contributed by atoms with Gasteiger partial charge in [0.15, 0.2) is 5.76 Å². The second-order valence-electron chi connectivity index (χ2n) is 5.75. The van der Waals surface area contributed by atoms with Crippen molar-refractivity contribution in [2.75, 3.05) is 0 Å². The van der Waals surface area contributed by atoms with Crippen molar-refractivity contribution in [3.05, 3.63) is 83.8 Å². The molecule has 0 spiro atoms. The molecule has 0 bridgehead atoms. The van der Waals surface area contributed by atoms with Gasteiger partial charge in [0.2, 0.25) is 10.0 Å². The number of para-hydroxylation sites is 1. The molecular formula is C19H18N2O5S. The molecule has 3 aromatic rings. The van der Waals surface area contributed by atoms with Gasteiger partial charge in [-0.2, -0.15) is 0 Å². The predicted molar refractivity (Wildman–Crippen MR) is 98.5 cm³/mol. The summed E-state index contributed by atoms with van der Waals surface area (Å²) in [6.07, 6.45) is 1.43. The molecule has 0 saturated carbocycles. The van der Waals surface area contributed by atoms with Gasteiger partial charge in [-0.25, -0.2) is 13.6 Å². The Bertz CT molecular complexity index is 1010. The Hall–Kier alpha value is -3.10. The van der Waals surface area contributed by atoms with Crippen LogP contribution in [0.4, 0.5) is 0 Å². The summed E-state index contributed by atoms with van der Waals surface area (Å²) in [5.74, 6) is 0.481. The van der Waals surface area contributed by atoms with Gasteiger partial charge in [-0.15, -0.1) is 0 Å². The molecule has 7 nitrogen and oxygen atoms in total. The van der Waals surface area contributed by atoms with Crippen molar-refractivity contribution in [3.8, 4) is 5.75 Å². The van der Waals surface area contributed by atoms with Gasteiger partial charge in [0.25, 0.3) is 5.91 Å². The number of carbonyl (C=O) groups is 1. The molecule has 0 aliphatic heterocycles. The summed E-state index contributed by atoms with van der Waals surface area (Å²) in [5.41, 5.74) is 1.35. The molecule has 0 aliphatic rings. The molecular weight excluding hydrogens is 368 g/mol. The van der Waals surface area contributed by atoms with Crippen molar-refractivity contribution >= 4 is 15.9 Å². The second-order valence-corrected chi connectivity index (χ2v) is 7.31. The number of benzene rings is 2. The molecule has 0 saturated heterocycles. The summed E-state index contributed by atoms with van der Waals surface area (Å²) >= 11 is 0. The summed E-state index contributed by atoms with van der Waals surface area (Å²) in [7, 11) is -3.74. The summed E-state index contributed by atoms with van der Waals surface area (Å²) in [6.45, 7) is 0.412. The lowest BCUT2D eigenvalue weighted by atomic mass is 10.2. The molecule has 3 N–H and O–H groups in total. The van der Waals surface area contributed by atoms with Gasteiger partial charge in [0.1, 0.15) is 12.4 Å². The Morgan fingerprint density at radius 2 is 1.74 bits per heavy atom. The Labute approximate surface area is 156 Å². The SMILES string of the molecule is NS(=O)(=O)c1ccc(CNC(=O)c2occc2COc2ccccc2)cc1. The van der Waals surface area contributed by atoms with Crippen LogP contribution in [-0.2, 0) is 23.2 Å². The highest BCUT2D eigenvalue weighted by atomic mass is 32.2. The van der Waals surface area contributed by atoms with Gasteiger partial charge in [-0.1, -0.05) is 30.3 Å². The standard InChI is InChI=1S/C19H18N2O5S/c20-27(23,24)17-8-6-14(7-9-17)12-21-19(22)18-15(10-11-25-18)13-26-16-4-2-1-3-5-16/h1-11H,12-13H2,(H,21,22)(H2,20,23,24). The number of ether oxygens (including phenoxy) is 1. The van der Waals surface area contributed by atoms with Crippen molar-refractivity contribution in [2.45, 2.75) is 18.0 Å². The van der Waals surface area contributed by atoms with Gasteiger partial charge in [0.05, 0.1) is 11.2 Å². The van der Waals surface area contributed by atoms with Crippen LogP contribution in [0.15, 0.2) is 76.2 Å². The van der Waals surface area contributed by atoms with E-state index in [1.165, 1.54) is 18.4 Å². The fourth-order valence-corrected chi connectivity index (χ4v) is 2.90. The van der Waals surface area contributed by atoms with E-state index in [1.54, 1.807) is 18.2 Å². The lowest BCUT2D eigenvalue weighted by Crippen LogP contribution is -2.23. The third kappa shape index (κ3) is 4.96. The minimum Gasteiger partial charge on any atom is -0.489 e. The fourth-order valence-electron chi connectivity index (χ4n) is 2.39. The van der Waals surface area contributed by atoms with Crippen LogP contribution in [0, 0.1) is 0 Å². The van der Waals surface area contributed by atoms with E-state index in [0.717, 1.165) is 5.56 Å². The number of sulfonamides is 1. The molecule has 1 heterocycles. The quantitative estimate of drug-likeness (QED) is 0.648. The second kappa shape index (κ2) is 8.07. The van der Waals surface area contributed by atoms with Crippen LogP contribution in [0.5, 0.6) is 5.75 Å². The minimum absolute atomic E-state index is 0.0176. The third-order valence-corrected chi connectivity index (χ3v) is 4.72. The highest BCUT2D eigenvalue weighted by Crippen LogP contribution is 2.16. The zero-order chi connectivity index (χ0) is 19.3. The van der Waals surface area contributed by atoms with Crippen LogP contribution >= 0.6 is 0 Å². The van der Waals surface area contributed by atoms with E-state index in [9.17, 15) is 13.2 Å². The molecule has 140 valence electrons. The first-order chi connectivity index (χ1) is 12.9. The van der Waals surface area contributed by atoms with Crippen molar-refractivity contribution in [2.24, 2.45) is 5.14 Å². The lowest BCUT2D eigenvalue weighted by molar-refractivity contribution is 0.0919. The molecule has 3 rings (SSSR count). The third-order valence-electron chi connectivity index (χ3n) is 3.80. The normalized spacial score (nSPS) is 11.1. The lowest BCUT2D eigenvalue weighted by Gasteiger charge is -2.08. The van der Waals surface area contributed by atoms with Gasteiger partial charge in [-0.05, 0) is 35.9 Å². The summed E-state index contributed by atoms with van der Waals surface area (Å²) in [6, 6.07) is 16.9. The average Bonchev–Trinajstić information content (AvgIpc) is 3.13. The first kappa shape index (κ1) is 18.7. The average molecular weight is 386 g/mol. The van der Waals surface area contributed by atoms with E-state index in [4.69, 9.17) is 14.3 Å². The van der Waals surface area contributed by atoms with Crippen molar-refractivity contribution < 1.29 is 22.4 Å². The maximum absolute atomic E-state index is 12.4. The molecule has 1 aromatic heterocycles. The van der Waals surface area contributed by atoms with Crippen molar-refractivity contribution in [1.29, 1.82) is 0 Å². The number of carbonyl (C=O) groups excluding carboxylic acids is 1. The van der Waals surface area contributed by atoms with Crippen LogP contribution in [-0.4, -0.2) is 14.3 Å². The van der Waals surface area contributed by atoms with E-state index >= 15 is 0 Å². The zero-order valence-corrected chi connectivity index (χ0v) is 15.1. The van der Waals surface area contributed by atoms with E-state index in [0.29, 0.717) is 11.3 Å². The van der Waals surface area contributed by atoms with Crippen LogP contribution in [0.2, 0.25) is 0 Å². The Morgan fingerprint density at radius 1 is 1.04 bits per heavy atom. The van der Waals surface area contributed by atoms with E-state index in [2.05, 4.69) is 5.32 Å². The van der Waals surface area contributed by atoms with Gasteiger partial charge < -0.3 is 14.5 Å². The highest BCUT2D eigenvalue weighted by Gasteiger charge is 2.16. The monoisotopic (exact) mass is 386 g/mol. The molecule has 0 aliphatic carbocycles. The molecule has 0 radical (unpaired) electrons. The van der Waals surface area contributed by atoms with Crippen LogP contribution < -0.4 is 15.2 Å². The summed E-state index contributed by atoms with van der Waals surface area (Å²) < 4.78 is 33.4. The number of hydrogen-bond acceptors (Lipinski definition) is 5. The molecule has 0 fully saturated rings. The summed E-state index contributed by atoms with van der Waals surface area (Å²) in [5, 5.41) is 7.79. The van der Waals surface area contributed by atoms with Crippen molar-refractivity contribution in [3.63, 3.8) is 0 Å². The molecule has 0 atom stereocenters.